The fourth-order valence-corrected chi connectivity index (χ4v) is 2.37. The fraction of sp³-hybridized carbons (Fsp3) is 0.429. The number of aliphatic hydroxyl groups is 1. The number of nitriles is 1. The molecule has 0 aromatic heterocycles. The van der Waals surface area contributed by atoms with E-state index in [0.717, 1.165) is 0 Å². The highest BCUT2D eigenvalue weighted by Gasteiger charge is 2.38. The second-order valence-corrected chi connectivity index (χ2v) is 5.32. The number of amides is 1. The summed E-state index contributed by atoms with van der Waals surface area (Å²) in [5.41, 5.74) is 0.748. The lowest BCUT2D eigenvalue weighted by atomic mass is 9.97. The van der Waals surface area contributed by atoms with Gasteiger partial charge in [-0.05, 0) is 26.0 Å². The van der Waals surface area contributed by atoms with Crippen LogP contribution in [0.1, 0.15) is 19.4 Å². The number of carbonyl (C=O) groups excluding carboxylic acids is 1. The van der Waals surface area contributed by atoms with Gasteiger partial charge in [-0.15, -0.1) is 0 Å². The summed E-state index contributed by atoms with van der Waals surface area (Å²) < 4.78 is 0. The molecule has 19 heavy (non-hydrogen) atoms. The molecule has 1 aliphatic rings. The summed E-state index contributed by atoms with van der Waals surface area (Å²) in [7, 11) is 0. The molecule has 1 aromatic carbocycles. The first-order valence-corrected chi connectivity index (χ1v) is 6.17. The molecule has 5 heteroatoms. The molecule has 1 saturated heterocycles. The lowest BCUT2D eigenvalue weighted by Gasteiger charge is -2.42. The Balaban J connectivity index is 2.42. The Bertz CT molecular complexity index is 534. The molecule has 1 unspecified atom stereocenters. The molecule has 0 bridgehead atoms. The first-order valence-electron chi connectivity index (χ1n) is 6.17. The number of para-hydroxylation sites is 1. The van der Waals surface area contributed by atoms with Gasteiger partial charge in [-0.25, -0.2) is 0 Å². The summed E-state index contributed by atoms with van der Waals surface area (Å²) in [6, 6.07) is 8.48. The van der Waals surface area contributed by atoms with Crippen LogP contribution in [0.4, 0.5) is 5.69 Å². The number of hydrogen-bond acceptors (Lipinski definition) is 4. The van der Waals surface area contributed by atoms with Gasteiger partial charge in [-0.1, -0.05) is 12.1 Å². The van der Waals surface area contributed by atoms with E-state index in [1.807, 2.05) is 13.8 Å². The summed E-state index contributed by atoms with van der Waals surface area (Å²) >= 11 is 0. The van der Waals surface area contributed by atoms with Crippen LogP contribution in [0.15, 0.2) is 24.3 Å². The molecule has 1 atom stereocenters. The van der Waals surface area contributed by atoms with Gasteiger partial charge in [-0.2, -0.15) is 5.26 Å². The number of nitrogens with one attached hydrogen (secondary N) is 1. The van der Waals surface area contributed by atoms with Gasteiger partial charge in [-0.3, -0.25) is 10.1 Å². The van der Waals surface area contributed by atoms with Crippen LogP contribution in [0.5, 0.6) is 0 Å². The van der Waals surface area contributed by atoms with Crippen LogP contribution in [0, 0.1) is 11.3 Å². The number of piperazine rings is 1. The summed E-state index contributed by atoms with van der Waals surface area (Å²) in [6.45, 7) is 4.13. The van der Waals surface area contributed by atoms with Crippen LogP contribution in [0.25, 0.3) is 0 Å². The lowest BCUT2D eigenvalue weighted by molar-refractivity contribution is -0.124. The SMILES string of the molecule is CC1(C)CN(c2ccccc2C#N)C(=O)C(CO)N1. The van der Waals surface area contributed by atoms with Crippen LogP contribution < -0.4 is 10.2 Å². The molecule has 0 radical (unpaired) electrons. The van der Waals surface area contributed by atoms with Crippen molar-refractivity contribution >= 4 is 11.6 Å². The van der Waals surface area contributed by atoms with Crippen molar-refractivity contribution in [3.63, 3.8) is 0 Å². The van der Waals surface area contributed by atoms with Gasteiger partial charge in [0, 0.05) is 12.1 Å². The third kappa shape index (κ3) is 2.60. The molecule has 0 aliphatic carbocycles. The van der Waals surface area contributed by atoms with Crippen molar-refractivity contribution in [3.8, 4) is 6.07 Å². The minimum Gasteiger partial charge on any atom is -0.394 e. The van der Waals surface area contributed by atoms with Gasteiger partial charge in [0.05, 0.1) is 17.9 Å². The second-order valence-electron chi connectivity index (χ2n) is 5.32. The van der Waals surface area contributed by atoms with Gasteiger partial charge in [0.1, 0.15) is 12.1 Å². The standard InChI is InChI=1S/C14H17N3O2/c1-14(2)9-17(13(19)11(8-18)16-14)12-6-4-3-5-10(12)7-15/h3-6,11,16,18H,8-9H2,1-2H3. The Kier molecular flexibility index (Phi) is 3.56. The molecule has 0 spiro atoms. The average Bonchev–Trinajstić information content (AvgIpc) is 2.41. The molecular weight excluding hydrogens is 242 g/mol. The molecular formula is C14H17N3O2. The Morgan fingerprint density at radius 2 is 2.21 bits per heavy atom. The van der Waals surface area contributed by atoms with Gasteiger partial charge >= 0.3 is 0 Å². The van der Waals surface area contributed by atoms with E-state index in [4.69, 9.17) is 5.26 Å². The van der Waals surface area contributed by atoms with Gasteiger partial charge in [0.25, 0.3) is 0 Å². The van der Waals surface area contributed by atoms with Crippen molar-refractivity contribution in [3.05, 3.63) is 29.8 Å². The van der Waals surface area contributed by atoms with Crippen LogP contribution in [-0.2, 0) is 4.79 Å². The predicted molar refractivity (Wildman–Crippen MR) is 71.6 cm³/mol. The van der Waals surface area contributed by atoms with Gasteiger partial charge in [0.2, 0.25) is 5.91 Å². The van der Waals surface area contributed by atoms with Crippen LogP contribution in [0.3, 0.4) is 0 Å². The number of aliphatic hydroxyl groups excluding tert-OH is 1. The Labute approximate surface area is 112 Å². The smallest absolute Gasteiger partial charge is 0.246 e. The number of nitrogens with zero attached hydrogens (tertiary/aromatic N) is 2. The van der Waals surface area contributed by atoms with Crippen molar-refractivity contribution in [2.24, 2.45) is 0 Å². The third-order valence-corrected chi connectivity index (χ3v) is 3.18. The molecule has 1 heterocycles. The maximum atomic E-state index is 12.3. The average molecular weight is 259 g/mol. The number of anilines is 1. The first-order chi connectivity index (χ1) is 8.98. The first kappa shape index (κ1) is 13.5. The zero-order valence-electron chi connectivity index (χ0n) is 11.1. The van der Waals surface area contributed by atoms with E-state index in [1.165, 1.54) is 0 Å². The van der Waals surface area contributed by atoms with E-state index in [0.29, 0.717) is 17.8 Å². The number of rotatable bonds is 2. The zero-order valence-corrected chi connectivity index (χ0v) is 11.1. The summed E-state index contributed by atoms with van der Waals surface area (Å²) in [6.07, 6.45) is 0. The van der Waals surface area contributed by atoms with E-state index in [1.54, 1.807) is 29.2 Å². The van der Waals surface area contributed by atoms with Crippen molar-refractivity contribution in [1.29, 1.82) is 5.26 Å². The van der Waals surface area contributed by atoms with Gasteiger partial charge in [0.15, 0.2) is 0 Å². The molecule has 1 fully saturated rings. The highest BCUT2D eigenvalue weighted by molar-refractivity contribution is 5.99. The molecule has 5 nitrogen and oxygen atoms in total. The number of carbonyl (C=O) groups is 1. The van der Waals surface area contributed by atoms with Crippen LogP contribution in [0.2, 0.25) is 0 Å². The Morgan fingerprint density at radius 1 is 1.53 bits per heavy atom. The van der Waals surface area contributed by atoms with Crippen molar-refractivity contribution in [2.45, 2.75) is 25.4 Å². The van der Waals surface area contributed by atoms with E-state index in [9.17, 15) is 9.90 Å². The second kappa shape index (κ2) is 5.00. The highest BCUT2D eigenvalue weighted by atomic mass is 16.3. The molecule has 1 aromatic rings. The number of benzene rings is 1. The monoisotopic (exact) mass is 259 g/mol. The Hall–Kier alpha value is -1.90. The van der Waals surface area contributed by atoms with Crippen molar-refractivity contribution in [1.82, 2.24) is 5.32 Å². The molecule has 2 rings (SSSR count). The summed E-state index contributed by atoms with van der Waals surface area (Å²) in [5.74, 6) is -0.204. The molecule has 1 amide bonds. The van der Waals surface area contributed by atoms with E-state index < -0.39 is 6.04 Å². The quantitative estimate of drug-likeness (QED) is 0.817. The van der Waals surface area contributed by atoms with Gasteiger partial charge < -0.3 is 10.0 Å². The zero-order chi connectivity index (χ0) is 14.0. The molecule has 2 N–H and O–H groups in total. The van der Waals surface area contributed by atoms with Crippen LogP contribution >= 0.6 is 0 Å². The van der Waals surface area contributed by atoms with E-state index >= 15 is 0 Å². The van der Waals surface area contributed by atoms with Crippen LogP contribution in [-0.4, -0.2) is 35.7 Å². The van der Waals surface area contributed by atoms with Crippen molar-refractivity contribution < 1.29 is 9.90 Å². The third-order valence-electron chi connectivity index (χ3n) is 3.18. The fourth-order valence-electron chi connectivity index (χ4n) is 2.37. The predicted octanol–water partition coefficient (Wildman–Crippen LogP) is 0.634. The van der Waals surface area contributed by atoms with E-state index in [-0.39, 0.29) is 18.1 Å². The normalized spacial score (nSPS) is 22.1. The largest absolute Gasteiger partial charge is 0.394 e. The minimum absolute atomic E-state index is 0.204. The summed E-state index contributed by atoms with van der Waals surface area (Å²) in [4.78, 5) is 13.9. The topological polar surface area (TPSA) is 76.4 Å². The highest BCUT2D eigenvalue weighted by Crippen LogP contribution is 2.25. The summed E-state index contributed by atoms with van der Waals surface area (Å²) in [5, 5.41) is 21.6. The number of hydrogen-bond donors (Lipinski definition) is 2. The molecule has 0 saturated carbocycles. The molecule has 100 valence electrons. The van der Waals surface area contributed by atoms with E-state index in [2.05, 4.69) is 11.4 Å². The maximum Gasteiger partial charge on any atom is 0.246 e. The maximum absolute atomic E-state index is 12.3. The molecule has 1 aliphatic heterocycles. The Morgan fingerprint density at radius 3 is 2.84 bits per heavy atom. The van der Waals surface area contributed by atoms with Crippen molar-refractivity contribution in [2.75, 3.05) is 18.1 Å². The minimum atomic E-state index is -0.629. The lowest BCUT2D eigenvalue weighted by Crippen LogP contribution is -2.66.